The summed E-state index contributed by atoms with van der Waals surface area (Å²) in [6.07, 6.45) is 1.59. The Labute approximate surface area is 231 Å². The Balaban J connectivity index is 1.70. The van der Waals surface area contributed by atoms with E-state index in [-0.39, 0.29) is 36.5 Å². The SMILES string of the molecule is O=C1CC(C2CC(=O)N(CCCSCCSCCS)C2=O)C(=O)N1CCCSCCSCCS. The van der Waals surface area contributed by atoms with Crippen LogP contribution in [0.1, 0.15) is 25.7 Å². The van der Waals surface area contributed by atoms with Gasteiger partial charge in [0.05, 0.1) is 11.8 Å². The van der Waals surface area contributed by atoms with E-state index < -0.39 is 11.8 Å². The molecule has 0 spiro atoms. The Bertz CT molecular complexity index is 628. The average Bonchev–Trinajstić information content (AvgIpc) is 3.26. The summed E-state index contributed by atoms with van der Waals surface area (Å²) in [6.45, 7) is 0.792. The average molecular weight is 585 g/mol. The van der Waals surface area contributed by atoms with Gasteiger partial charge in [0.15, 0.2) is 0 Å². The third kappa shape index (κ3) is 10.0. The van der Waals surface area contributed by atoms with Crippen LogP contribution >= 0.6 is 72.3 Å². The van der Waals surface area contributed by atoms with Gasteiger partial charge in [-0.15, -0.1) is 0 Å². The van der Waals surface area contributed by atoms with E-state index in [4.69, 9.17) is 0 Å². The van der Waals surface area contributed by atoms with Crippen molar-refractivity contribution >= 4 is 95.9 Å². The third-order valence-corrected chi connectivity index (χ3v) is 11.3. The Hall–Kier alpha value is 0.380. The van der Waals surface area contributed by atoms with Crippen LogP contribution in [0.25, 0.3) is 0 Å². The summed E-state index contributed by atoms with van der Waals surface area (Å²) in [5, 5.41) is 0. The first-order valence-electron chi connectivity index (χ1n) is 11.7. The second-order valence-electron chi connectivity index (χ2n) is 7.99. The molecule has 0 aromatic rings. The molecule has 2 fully saturated rings. The lowest BCUT2D eigenvalue weighted by Gasteiger charge is -2.18. The van der Waals surface area contributed by atoms with E-state index in [1.165, 1.54) is 9.80 Å². The van der Waals surface area contributed by atoms with Crippen LogP contribution in [-0.2, 0) is 19.2 Å². The monoisotopic (exact) mass is 584 g/mol. The van der Waals surface area contributed by atoms with Crippen molar-refractivity contribution in [1.29, 1.82) is 0 Å². The molecular formula is C22H36N2O4S6. The van der Waals surface area contributed by atoms with E-state index in [0.29, 0.717) is 13.1 Å². The number of carbonyl (C=O) groups excluding carboxylic acids is 4. The number of amides is 4. The highest BCUT2D eigenvalue weighted by molar-refractivity contribution is 8.03. The van der Waals surface area contributed by atoms with Gasteiger partial charge in [-0.3, -0.25) is 29.0 Å². The number of hydrogen-bond acceptors (Lipinski definition) is 10. The lowest BCUT2D eigenvalue weighted by Crippen LogP contribution is -2.36. The zero-order valence-electron chi connectivity index (χ0n) is 19.5. The Morgan fingerprint density at radius 1 is 0.588 bits per heavy atom. The van der Waals surface area contributed by atoms with Gasteiger partial charge in [0.25, 0.3) is 0 Å². The van der Waals surface area contributed by atoms with Crippen LogP contribution in [0, 0.1) is 11.8 Å². The molecule has 2 saturated heterocycles. The summed E-state index contributed by atoms with van der Waals surface area (Å²) in [5.74, 6) is 7.57. The molecule has 0 aromatic carbocycles. The summed E-state index contributed by atoms with van der Waals surface area (Å²) in [6, 6.07) is 0. The van der Waals surface area contributed by atoms with Crippen LogP contribution < -0.4 is 0 Å². The first-order valence-corrected chi connectivity index (χ1v) is 17.6. The molecule has 2 heterocycles. The molecule has 12 heteroatoms. The van der Waals surface area contributed by atoms with Gasteiger partial charge in [0.1, 0.15) is 0 Å². The molecule has 0 radical (unpaired) electrons. The fourth-order valence-electron chi connectivity index (χ4n) is 3.94. The molecule has 2 atom stereocenters. The van der Waals surface area contributed by atoms with Gasteiger partial charge >= 0.3 is 0 Å². The van der Waals surface area contributed by atoms with Gasteiger partial charge in [0.2, 0.25) is 23.6 Å². The van der Waals surface area contributed by atoms with E-state index in [9.17, 15) is 19.2 Å². The summed E-state index contributed by atoms with van der Waals surface area (Å²) >= 11 is 15.8. The molecule has 2 aliphatic rings. The van der Waals surface area contributed by atoms with E-state index in [0.717, 1.165) is 70.4 Å². The summed E-state index contributed by atoms with van der Waals surface area (Å²) in [7, 11) is 0. The van der Waals surface area contributed by atoms with Gasteiger partial charge in [-0.2, -0.15) is 72.3 Å². The molecule has 0 N–H and O–H groups in total. The highest BCUT2D eigenvalue weighted by Gasteiger charge is 2.50. The summed E-state index contributed by atoms with van der Waals surface area (Å²) in [4.78, 5) is 53.4. The molecule has 0 bridgehead atoms. The molecule has 2 aliphatic heterocycles. The number of carbonyl (C=O) groups is 4. The van der Waals surface area contributed by atoms with Gasteiger partial charge in [-0.25, -0.2) is 0 Å². The van der Waals surface area contributed by atoms with Crippen molar-refractivity contribution < 1.29 is 19.2 Å². The molecule has 0 saturated carbocycles. The Kier molecular flexibility index (Phi) is 16.0. The van der Waals surface area contributed by atoms with Crippen molar-refractivity contribution in [3.8, 4) is 0 Å². The van der Waals surface area contributed by atoms with Crippen molar-refractivity contribution in [2.75, 3.05) is 70.6 Å². The molecule has 0 aliphatic carbocycles. The number of thioether (sulfide) groups is 4. The minimum absolute atomic E-state index is 0.0453. The van der Waals surface area contributed by atoms with Crippen LogP contribution in [0.15, 0.2) is 0 Å². The van der Waals surface area contributed by atoms with Crippen molar-refractivity contribution in [3.63, 3.8) is 0 Å². The predicted octanol–water partition coefficient (Wildman–Crippen LogP) is 3.31. The van der Waals surface area contributed by atoms with E-state index in [1.807, 2.05) is 47.0 Å². The smallest absolute Gasteiger partial charge is 0.233 e. The maximum Gasteiger partial charge on any atom is 0.233 e. The lowest BCUT2D eigenvalue weighted by atomic mass is 9.89. The maximum atomic E-state index is 12.9. The second-order valence-corrected chi connectivity index (χ2v) is 13.8. The van der Waals surface area contributed by atoms with Crippen molar-refractivity contribution in [3.05, 3.63) is 0 Å². The van der Waals surface area contributed by atoms with Crippen LogP contribution in [0.3, 0.4) is 0 Å². The van der Waals surface area contributed by atoms with Crippen molar-refractivity contribution in [2.45, 2.75) is 25.7 Å². The molecule has 6 nitrogen and oxygen atoms in total. The molecule has 4 amide bonds. The molecule has 2 rings (SSSR count). The van der Waals surface area contributed by atoms with Crippen molar-refractivity contribution in [2.24, 2.45) is 11.8 Å². The number of rotatable bonds is 19. The summed E-state index contributed by atoms with van der Waals surface area (Å²) < 4.78 is 0. The quantitative estimate of drug-likeness (QED) is 0.136. The second kappa shape index (κ2) is 17.8. The molecular weight excluding hydrogens is 549 g/mol. The molecule has 34 heavy (non-hydrogen) atoms. The minimum Gasteiger partial charge on any atom is -0.282 e. The molecule has 0 aromatic heterocycles. The largest absolute Gasteiger partial charge is 0.282 e. The third-order valence-electron chi connectivity index (χ3n) is 5.60. The van der Waals surface area contributed by atoms with Crippen LogP contribution in [0.4, 0.5) is 0 Å². The Morgan fingerprint density at radius 2 is 0.941 bits per heavy atom. The standard InChI is InChI=1S/C22H36N2O4S6/c25-19-15-17(21(27)23(19)3-1-7-31-11-13-33-9-5-29)18-16-20(26)24(22(18)28)4-2-8-32-12-14-34-10-6-30/h17-18,29-30H,1-16H2. The predicted molar refractivity (Wildman–Crippen MR) is 156 cm³/mol. The molecule has 194 valence electrons. The van der Waals surface area contributed by atoms with Gasteiger partial charge < -0.3 is 0 Å². The van der Waals surface area contributed by atoms with Gasteiger partial charge in [-0.05, 0) is 35.9 Å². The zero-order chi connectivity index (χ0) is 24.8. The van der Waals surface area contributed by atoms with E-state index in [1.54, 1.807) is 0 Å². The van der Waals surface area contributed by atoms with E-state index in [2.05, 4.69) is 25.3 Å². The zero-order valence-corrected chi connectivity index (χ0v) is 24.6. The minimum atomic E-state index is -0.683. The van der Waals surface area contributed by atoms with Crippen LogP contribution in [0.2, 0.25) is 0 Å². The first kappa shape index (κ1) is 30.6. The van der Waals surface area contributed by atoms with Crippen molar-refractivity contribution in [1.82, 2.24) is 9.80 Å². The highest BCUT2D eigenvalue weighted by atomic mass is 32.2. The van der Waals surface area contributed by atoms with Gasteiger partial charge in [0, 0.05) is 60.4 Å². The number of thiol groups is 2. The van der Waals surface area contributed by atoms with E-state index >= 15 is 0 Å². The van der Waals surface area contributed by atoms with Crippen LogP contribution in [0.5, 0.6) is 0 Å². The van der Waals surface area contributed by atoms with Gasteiger partial charge in [-0.1, -0.05) is 0 Å². The van der Waals surface area contributed by atoms with Crippen LogP contribution in [-0.4, -0.2) is 104 Å². The summed E-state index contributed by atoms with van der Waals surface area (Å²) in [5.41, 5.74) is 0. The Morgan fingerprint density at radius 3 is 1.29 bits per heavy atom. The maximum absolute atomic E-state index is 12.9. The first-order chi connectivity index (χ1) is 16.5. The topological polar surface area (TPSA) is 74.8 Å². The molecule has 2 unspecified atom stereocenters. The number of hydrogen-bond donors (Lipinski definition) is 2. The number of imide groups is 2. The number of likely N-dealkylation sites (tertiary alicyclic amines) is 2. The normalized spacial score (nSPS) is 20.9. The fraction of sp³-hybridized carbons (Fsp3) is 0.818. The fourth-order valence-corrected chi connectivity index (χ4v) is 8.34. The number of nitrogens with zero attached hydrogens (tertiary/aromatic N) is 2. The highest BCUT2D eigenvalue weighted by Crippen LogP contribution is 2.34. The lowest BCUT2D eigenvalue weighted by molar-refractivity contribution is -0.144.